The zero-order valence-corrected chi connectivity index (χ0v) is 13.1. The Kier molecular flexibility index (Phi) is 4.62. The summed E-state index contributed by atoms with van der Waals surface area (Å²) in [7, 11) is 0. The molecule has 2 amide bonds. The molecule has 1 fully saturated rings. The summed E-state index contributed by atoms with van der Waals surface area (Å²) in [4.78, 5) is 16.3. The molecule has 0 bridgehead atoms. The maximum absolute atomic E-state index is 12.1. The van der Waals surface area contributed by atoms with Gasteiger partial charge >= 0.3 is 6.03 Å². The third-order valence-electron chi connectivity index (χ3n) is 3.94. The number of rotatable bonds is 6. The lowest BCUT2D eigenvalue weighted by Crippen LogP contribution is -2.39. The van der Waals surface area contributed by atoms with Crippen LogP contribution in [0.4, 0.5) is 10.5 Å². The fraction of sp³-hybridized carbons (Fsp3) is 0.412. The number of hydrogen-bond donors (Lipinski definition) is 3. The number of carbonyl (C=O) groups excluding carboxylic acids is 1. The second kappa shape index (κ2) is 6.83. The molecule has 6 heteroatoms. The van der Waals surface area contributed by atoms with Crippen molar-refractivity contribution in [3.05, 3.63) is 36.2 Å². The number of nitrogens with one attached hydrogen (secondary N) is 2. The largest absolute Gasteiger partial charge is 0.441 e. The minimum Gasteiger partial charge on any atom is -0.441 e. The van der Waals surface area contributed by atoms with Gasteiger partial charge in [0.05, 0.1) is 6.20 Å². The van der Waals surface area contributed by atoms with E-state index in [1.807, 2.05) is 31.2 Å². The van der Waals surface area contributed by atoms with Gasteiger partial charge in [-0.3, -0.25) is 0 Å². The van der Waals surface area contributed by atoms with Gasteiger partial charge in [0, 0.05) is 23.9 Å². The molecular weight excluding hydrogens is 294 g/mol. The fourth-order valence-electron chi connectivity index (χ4n) is 2.62. The van der Waals surface area contributed by atoms with Crippen molar-refractivity contribution in [1.29, 1.82) is 0 Å². The van der Waals surface area contributed by atoms with Crippen LogP contribution in [0, 0.1) is 12.8 Å². The molecule has 1 atom stereocenters. The number of benzene rings is 1. The number of carbonyl (C=O) groups is 1. The highest BCUT2D eigenvalue weighted by Crippen LogP contribution is 2.34. The summed E-state index contributed by atoms with van der Waals surface area (Å²) < 4.78 is 5.50. The number of aryl methyl sites for hydroxylation is 1. The Morgan fingerprint density at radius 2 is 2.30 bits per heavy atom. The van der Waals surface area contributed by atoms with E-state index >= 15 is 0 Å². The number of urea groups is 1. The van der Waals surface area contributed by atoms with E-state index in [2.05, 4.69) is 15.6 Å². The van der Waals surface area contributed by atoms with Crippen molar-refractivity contribution in [3.63, 3.8) is 0 Å². The molecule has 1 aliphatic carbocycles. The van der Waals surface area contributed by atoms with Gasteiger partial charge in [-0.15, -0.1) is 0 Å². The van der Waals surface area contributed by atoms with Crippen LogP contribution in [0.2, 0.25) is 0 Å². The minimum absolute atomic E-state index is 0.0394. The summed E-state index contributed by atoms with van der Waals surface area (Å²) in [6.07, 6.45) is 4.48. The van der Waals surface area contributed by atoms with E-state index < -0.39 is 0 Å². The van der Waals surface area contributed by atoms with E-state index in [1.54, 1.807) is 6.20 Å². The van der Waals surface area contributed by atoms with Gasteiger partial charge < -0.3 is 20.2 Å². The summed E-state index contributed by atoms with van der Waals surface area (Å²) in [5, 5.41) is 14.9. The van der Waals surface area contributed by atoms with Crippen molar-refractivity contribution >= 4 is 11.7 Å². The van der Waals surface area contributed by atoms with Crippen LogP contribution >= 0.6 is 0 Å². The number of anilines is 1. The summed E-state index contributed by atoms with van der Waals surface area (Å²) in [6, 6.07) is 7.15. The van der Waals surface area contributed by atoms with Crippen LogP contribution in [0.1, 0.15) is 25.0 Å². The monoisotopic (exact) mass is 315 g/mol. The highest BCUT2D eigenvalue weighted by molar-refractivity contribution is 5.90. The molecule has 1 aliphatic rings. The maximum atomic E-state index is 12.1. The minimum atomic E-state index is -0.254. The van der Waals surface area contributed by atoms with Crippen molar-refractivity contribution in [3.8, 4) is 11.5 Å². The van der Waals surface area contributed by atoms with Gasteiger partial charge in [0.2, 0.25) is 5.89 Å². The van der Waals surface area contributed by atoms with Gasteiger partial charge in [0.25, 0.3) is 0 Å². The molecule has 0 saturated heterocycles. The number of aromatic nitrogens is 1. The van der Waals surface area contributed by atoms with E-state index in [-0.39, 0.29) is 18.7 Å². The second-order valence-corrected chi connectivity index (χ2v) is 5.91. The summed E-state index contributed by atoms with van der Waals surface area (Å²) in [5.74, 6) is 1.77. The van der Waals surface area contributed by atoms with Crippen LogP contribution in [0.15, 0.2) is 34.9 Å². The number of oxazole rings is 1. The Balaban J connectivity index is 1.64. The Hall–Kier alpha value is -2.34. The molecule has 1 aromatic heterocycles. The van der Waals surface area contributed by atoms with Crippen LogP contribution in [0.3, 0.4) is 0 Å². The van der Waals surface area contributed by atoms with Crippen LogP contribution in [-0.4, -0.2) is 28.8 Å². The zero-order valence-electron chi connectivity index (χ0n) is 13.1. The molecule has 6 nitrogen and oxygen atoms in total. The first kappa shape index (κ1) is 15.6. The van der Waals surface area contributed by atoms with Gasteiger partial charge in [-0.25, -0.2) is 9.78 Å². The molecule has 1 aromatic carbocycles. The van der Waals surface area contributed by atoms with Crippen molar-refractivity contribution in [1.82, 2.24) is 10.3 Å². The first-order valence-corrected chi connectivity index (χ1v) is 7.87. The molecule has 3 rings (SSSR count). The van der Waals surface area contributed by atoms with Gasteiger partial charge in [0.15, 0.2) is 0 Å². The van der Waals surface area contributed by atoms with Gasteiger partial charge in [0.1, 0.15) is 5.76 Å². The first-order chi connectivity index (χ1) is 11.2. The number of aliphatic hydroxyl groups is 1. The van der Waals surface area contributed by atoms with Crippen LogP contribution in [-0.2, 0) is 0 Å². The summed E-state index contributed by atoms with van der Waals surface area (Å²) in [6.45, 7) is 1.92. The molecule has 0 spiro atoms. The zero-order chi connectivity index (χ0) is 16.2. The van der Waals surface area contributed by atoms with E-state index in [0.29, 0.717) is 23.9 Å². The molecule has 122 valence electrons. The summed E-state index contributed by atoms with van der Waals surface area (Å²) >= 11 is 0. The van der Waals surface area contributed by atoms with Crippen molar-refractivity contribution in [2.45, 2.75) is 32.2 Å². The standard InChI is InChI=1S/C17H21N3O3/c1-11-10-18-16(23-11)13-3-2-4-14(9-13)19-17(22)20-15(7-8-21)12-5-6-12/h2-4,9-10,12,15,21H,5-8H2,1H3,(H2,19,20,22). The number of aliphatic hydroxyl groups excluding tert-OH is 1. The Morgan fingerprint density at radius 3 is 2.96 bits per heavy atom. The van der Waals surface area contributed by atoms with Crippen molar-refractivity contribution < 1.29 is 14.3 Å². The second-order valence-electron chi connectivity index (χ2n) is 5.91. The first-order valence-electron chi connectivity index (χ1n) is 7.87. The summed E-state index contributed by atoms with van der Waals surface area (Å²) in [5.41, 5.74) is 1.49. The quantitative estimate of drug-likeness (QED) is 0.765. The number of nitrogens with zero attached hydrogens (tertiary/aromatic N) is 1. The molecule has 1 heterocycles. The van der Waals surface area contributed by atoms with Crippen LogP contribution in [0.5, 0.6) is 0 Å². The molecule has 1 unspecified atom stereocenters. The number of hydrogen-bond acceptors (Lipinski definition) is 4. The molecule has 3 N–H and O–H groups in total. The van der Waals surface area contributed by atoms with E-state index in [1.165, 1.54) is 0 Å². The lowest BCUT2D eigenvalue weighted by atomic mass is 10.1. The Bertz CT molecular complexity index is 679. The van der Waals surface area contributed by atoms with E-state index in [4.69, 9.17) is 9.52 Å². The number of amides is 2. The third kappa shape index (κ3) is 4.10. The van der Waals surface area contributed by atoms with Crippen molar-refractivity contribution in [2.24, 2.45) is 5.92 Å². The highest BCUT2D eigenvalue weighted by atomic mass is 16.4. The predicted octanol–water partition coefficient (Wildman–Crippen LogP) is 2.93. The average molecular weight is 315 g/mol. The maximum Gasteiger partial charge on any atom is 0.319 e. The smallest absolute Gasteiger partial charge is 0.319 e. The van der Waals surface area contributed by atoms with Gasteiger partial charge in [-0.2, -0.15) is 0 Å². The van der Waals surface area contributed by atoms with E-state index in [0.717, 1.165) is 24.2 Å². The third-order valence-corrected chi connectivity index (χ3v) is 3.94. The van der Waals surface area contributed by atoms with Crippen LogP contribution in [0.25, 0.3) is 11.5 Å². The van der Waals surface area contributed by atoms with Crippen molar-refractivity contribution in [2.75, 3.05) is 11.9 Å². The molecule has 0 radical (unpaired) electrons. The van der Waals surface area contributed by atoms with Crippen LogP contribution < -0.4 is 10.6 Å². The highest BCUT2D eigenvalue weighted by Gasteiger charge is 2.31. The predicted molar refractivity (Wildman–Crippen MR) is 87.0 cm³/mol. The SMILES string of the molecule is Cc1cnc(-c2cccc(NC(=O)NC(CCO)C3CC3)c2)o1. The van der Waals surface area contributed by atoms with Gasteiger partial charge in [-0.05, 0) is 50.3 Å². The Labute approximate surface area is 134 Å². The lowest BCUT2D eigenvalue weighted by molar-refractivity contribution is 0.234. The fourth-order valence-corrected chi connectivity index (χ4v) is 2.62. The molecular formula is C17H21N3O3. The Morgan fingerprint density at radius 1 is 1.48 bits per heavy atom. The topological polar surface area (TPSA) is 87.4 Å². The molecule has 23 heavy (non-hydrogen) atoms. The molecule has 2 aromatic rings. The van der Waals surface area contributed by atoms with Gasteiger partial charge in [-0.1, -0.05) is 6.07 Å². The average Bonchev–Trinajstić information content (AvgIpc) is 3.28. The van der Waals surface area contributed by atoms with E-state index in [9.17, 15) is 4.79 Å². The lowest BCUT2D eigenvalue weighted by Gasteiger charge is -2.17. The normalized spacial score (nSPS) is 15.2. The molecule has 0 aliphatic heterocycles. The molecule has 1 saturated carbocycles.